The molecule has 1 aliphatic rings. The Kier molecular flexibility index (Phi) is 6.64. The van der Waals surface area contributed by atoms with Crippen molar-refractivity contribution in [3.63, 3.8) is 0 Å². The van der Waals surface area contributed by atoms with Crippen molar-refractivity contribution in [3.8, 4) is 11.1 Å². The minimum atomic E-state index is -0.314. The van der Waals surface area contributed by atoms with Gasteiger partial charge in [-0.3, -0.25) is 9.59 Å². The zero-order valence-electron chi connectivity index (χ0n) is 16.8. The first-order valence-electron chi connectivity index (χ1n) is 10.0. The Morgan fingerprint density at radius 3 is 2.34 bits per heavy atom. The summed E-state index contributed by atoms with van der Waals surface area (Å²) in [6, 6.07) is 13.7. The van der Waals surface area contributed by atoms with Gasteiger partial charge in [-0.15, -0.1) is 0 Å². The van der Waals surface area contributed by atoms with Gasteiger partial charge in [-0.2, -0.15) is 0 Å². The summed E-state index contributed by atoms with van der Waals surface area (Å²) < 4.78 is 13.5. The van der Waals surface area contributed by atoms with Crippen molar-refractivity contribution >= 4 is 11.8 Å². The number of nitrogens with one attached hydrogen (secondary N) is 1. The number of carbonyl (C=O) groups excluding carboxylic acids is 2. The van der Waals surface area contributed by atoms with Gasteiger partial charge in [0, 0.05) is 25.3 Å². The van der Waals surface area contributed by atoms with Gasteiger partial charge in [-0.05, 0) is 28.8 Å². The number of hydrogen-bond acceptors (Lipinski definition) is 3. The maximum atomic E-state index is 13.5. The van der Waals surface area contributed by atoms with Crippen molar-refractivity contribution < 1.29 is 19.1 Å². The highest BCUT2D eigenvalue weighted by atomic mass is 19.1. The quantitative estimate of drug-likeness (QED) is 0.753. The molecule has 1 aliphatic heterocycles. The van der Waals surface area contributed by atoms with Crippen LogP contribution in [-0.2, 0) is 9.59 Å². The number of aliphatic hydroxyl groups excluding tert-OH is 1. The highest BCUT2D eigenvalue weighted by Crippen LogP contribution is 2.41. The van der Waals surface area contributed by atoms with Crippen LogP contribution in [0.3, 0.4) is 0 Å². The van der Waals surface area contributed by atoms with Gasteiger partial charge in [0.05, 0.1) is 18.7 Å². The smallest absolute Gasteiger partial charge is 0.222 e. The predicted octanol–water partition coefficient (Wildman–Crippen LogP) is 3.08. The van der Waals surface area contributed by atoms with Crippen LogP contribution in [-0.4, -0.2) is 47.1 Å². The second-order valence-electron chi connectivity index (χ2n) is 7.29. The molecule has 2 N–H and O–H groups in total. The predicted molar refractivity (Wildman–Crippen MR) is 110 cm³/mol. The second kappa shape index (κ2) is 9.18. The van der Waals surface area contributed by atoms with Crippen LogP contribution in [0.5, 0.6) is 0 Å². The SMILES string of the molecule is CCC(=O)NC[C@H]1[C@H](c2ccc(-c3cccc(F)c3)cc2)[C@@H](CO)N1C(=O)CC. The molecule has 0 saturated carbocycles. The minimum absolute atomic E-state index is 0.0348. The van der Waals surface area contributed by atoms with Crippen molar-refractivity contribution in [2.24, 2.45) is 0 Å². The Labute approximate surface area is 170 Å². The first kappa shape index (κ1) is 21.0. The first-order valence-corrected chi connectivity index (χ1v) is 10.0. The Balaban J connectivity index is 1.85. The molecule has 2 aromatic rings. The molecule has 3 rings (SSSR count). The fourth-order valence-corrected chi connectivity index (χ4v) is 4.08. The van der Waals surface area contributed by atoms with E-state index < -0.39 is 0 Å². The third-order valence-corrected chi connectivity index (χ3v) is 5.60. The largest absolute Gasteiger partial charge is 0.394 e. The number of amides is 2. The third-order valence-electron chi connectivity index (χ3n) is 5.60. The van der Waals surface area contributed by atoms with Crippen LogP contribution >= 0.6 is 0 Å². The van der Waals surface area contributed by atoms with Gasteiger partial charge in [0.15, 0.2) is 0 Å². The molecular formula is C23H27FN2O3. The maximum Gasteiger partial charge on any atom is 0.222 e. The topological polar surface area (TPSA) is 69.6 Å². The molecule has 3 atom stereocenters. The Bertz CT molecular complexity index is 869. The fourth-order valence-electron chi connectivity index (χ4n) is 4.08. The van der Waals surface area contributed by atoms with E-state index in [1.807, 2.05) is 30.3 Å². The maximum absolute atomic E-state index is 13.5. The fraction of sp³-hybridized carbons (Fsp3) is 0.391. The van der Waals surface area contributed by atoms with Crippen LogP contribution in [0.2, 0.25) is 0 Å². The van der Waals surface area contributed by atoms with Crippen molar-refractivity contribution in [2.45, 2.75) is 44.7 Å². The summed E-state index contributed by atoms with van der Waals surface area (Å²) in [5.74, 6) is -0.463. The zero-order valence-corrected chi connectivity index (χ0v) is 16.8. The summed E-state index contributed by atoms with van der Waals surface area (Å²) in [5.41, 5.74) is 2.67. The normalized spacial score (nSPS) is 20.8. The average Bonchev–Trinajstić information content (AvgIpc) is 2.73. The Morgan fingerprint density at radius 1 is 1.03 bits per heavy atom. The lowest BCUT2D eigenvalue weighted by Crippen LogP contribution is -2.68. The molecule has 0 aromatic heterocycles. The van der Waals surface area contributed by atoms with Crippen LogP contribution in [0, 0.1) is 5.82 Å². The van der Waals surface area contributed by atoms with E-state index in [-0.39, 0.29) is 42.2 Å². The molecular weight excluding hydrogens is 371 g/mol. The van der Waals surface area contributed by atoms with Gasteiger partial charge in [-0.25, -0.2) is 4.39 Å². The van der Waals surface area contributed by atoms with E-state index in [9.17, 15) is 19.1 Å². The lowest BCUT2D eigenvalue weighted by molar-refractivity contribution is -0.150. The van der Waals surface area contributed by atoms with Crippen molar-refractivity contribution in [2.75, 3.05) is 13.2 Å². The minimum Gasteiger partial charge on any atom is -0.394 e. The van der Waals surface area contributed by atoms with Gasteiger partial charge in [0.25, 0.3) is 0 Å². The summed E-state index contributed by atoms with van der Waals surface area (Å²) in [4.78, 5) is 25.8. The molecule has 1 saturated heterocycles. The molecule has 0 aliphatic carbocycles. The lowest BCUT2D eigenvalue weighted by Gasteiger charge is -2.55. The standard InChI is InChI=1S/C23H27FN2O3/c1-3-21(28)25-13-19-23(20(14-27)26(19)22(29)4-2)16-10-8-15(9-11-16)17-6-5-7-18(24)12-17/h5-12,19-20,23,27H,3-4,13-14H2,1-2H3,(H,25,28)/t19-,20+,23-/m0/s1. The molecule has 2 aromatic carbocycles. The van der Waals surface area contributed by atoms with Crippen LogP contribution in [0.1, 0.15) is 38.2 Å². The van der Waals surface area contributed by atoms with Crippen molar-refractivity contribution in [3.05, 3.63) is 59.9 Å². The molecule has 29 heavy (non-hydrogen) atoms. The molecule has 0 spiro atoms. The number of halogens is 1. The van der Waals surface area contributed by atoms with E-state index in [0.717, 1.165) is 16.7 Å². The van der Waals surface area contributed by atoms with E-state index >= 15 is 0 Å². The summed E-state index contributed by atoms with van der Waals surface area (Å²) in [7, 11) is 0. The molecule has 2 amide bonds. The van der Waals surface area contributed by atoms with Crippen LogP contribution in [0.15, 0.2) is 48.5 Å². The highest BCUT2D eigenvalue weighted by Gasteiger charge is 2.50. The average molecular weight is 398 g/mol. The van der Waals surface area contributed by atoms with E-state index in [1.54, 1.807) is 24.8 Å². The van der Waals surface area contributed by atoms with Crippen molar-refractivity contribution in [1.29, 1.82) is 0 Å². The Morgan fingerprint density at radius 2 is 1.76 bits per heavy atom. The lowest BCUT2D eigenvalue weighted by atomic mass is 9.74. The number of rotatable bonds is 7. The molecule has 5 nitrogen and oxygen atoms in total. The van der Waals surface area contributed by atoms with E-state index in [1.165, 1.54) is 12.1 Å². The molecule has 0 radical (unpaired) electrons. The number of benzene rings is 2. The highest BCUT2D eigenvalue weighted by molar-refractivity contribution is 5.79. The van der Waals surface area contributed by atoms with Crippen molar-refractivity contribution in [1.82, 2.24) is 10.2 Å². The van der Waals surface area contributed by atoms with Gasteiger partial charge in [0.2, 0.25) is 11.8 Å². The number of hydrogen-bond donors (Lipinski definition) is 2. The number of nitrogens with zero attached hydrogens (tertiary/aromatic N) is 1. The third kappa shape index (κ3) is 4.32. The summed E-state index contributed by atoms with van der Waals surface area (Å²) in [6.45, 7) is 3.79. The zero-order chi connectivity index (χ0) is 21.0. The summed E-state index contributed by atoms with van der Waals surface area (Å²) >= 11 is 0. The van der Waals surface area contributed by atoms with E-state index in [0.29, 0.717) is 19.4 Å². The van der Waals surface area contributed by atoms with Gasteiger partial charge < -0.3 is 15.3 Å². The van der Waals surface area contributed by atoms with Crippen LogP contribution in [0.4, 0.5) is 4.39 Å². The summed E-state index contributed by atoms with van der Waals surface area (Å²) in [6.07, 6.45) is 0.727. The van der Waals surface area contributed by atoms with E-state index in [4.69, 9.17) is 0 Å². The number of carbonyl (C=O) groups is 2. The van der Waals surface area contributed by atoms with Gasteiger partial charge in [0.1, 0.15) is 5.82 Å². The van der Waals surface area contributed by atoms with Crippen LogP contribution < -0.4 is 5.32 Å². The molecule has 0 bridgehead atoms. The molecule has 1 heterocycles. The van der Waals surface area contributed by atoms with Gasteiger partial charge in [-0.1, -0.05) is 50.2 Å². The first-order chi connectivity index (χ1) is 14.0. The molecule has 1 fully saturated rings. The monoisotopic (exact) mass is 398 g/mol. The number of aliphatic hydroxyl groups is 1. The van der Waals surface area contributed by atoms with E-state index in [2.05, 4.69) is 5.32 Å². The Hall–Kier alpha value is -2.73. The summed E-state index contributed by atoms with van der Waals surface area (Å²) in [5, 5.41) is 12.8. The molecule has 6 heteroatoms. The van der Waals surface area contributed by atoms with Gasteiger partial charge >= 0.3 is 0 Å². The molecule has 0 unspecified atom stereocenters. The number of likely N-dealkylation sites (tertiary alicyclic amines) is 1. The second-order valence-corrected chi connectivity index (χ2v) is 7.29. The van der Waals surface area contributed by atoms with Crippen LogP contribution in [0.25, 0.3) is 11.1 Å². The molecule has 154 valence electrons.